The number of rotatable bonds is 2. The van der Waals surface area contributed by atoms with Crippen molar-refractivity contribution in [2.75, 3.05) is 0 Å². The largest absolute Gasteiger partial charge is 0.416 e. The molecule has 0 fully saturated rings. The van der Waals surface area contributed by atoms with Crippen LogP contribution < -0.4 is 0 Å². The van der Waals surface area contributed by atoms with Gasteiger partial charge < -0.3 is 0 Å². The van der Waals surface area contributed by atoms with Crippen molar-refractivity contribution in [1.29, 1.82) is 0 Å². The van der Waals surface area contributed by atoms with Crippen LogP contribution in [0.15, 0.2) is 67.0 Å². The van der Waals surface area contributed by atoms with Crippen molar-refractivity contribution in [3.05, 3.63) is 78.1 Å². The van der Waals surface area contributed by atoms with Crippen LogP contribution in [0.2, 0.25) is 0 Å². The van der Waals surface area contributed by atoms with Crippen molar-refractivity contribution in [2.24, 2.45) is 0 Å². The fourth-order valence-electron chi connectivity index (χ4n) is 3.70. The average molecular weight is 395 g/mol. The third kappa shape index (κ3) is 3.39. The van der Waals surface area contributed by atoms with Crippen LogP contribution in [0.4, 0.5) is 13.2 Å². The SMILES string of the molecule is CC(C)(C)c1c(-c2ccc(C(F)(F)F)cc2)n(-c2ncccn2)c2ccccc12. The van der Waals surface area contributed by atoms with E-state index in [4.69, 9.17) is 0 Å². The van der Waals surface area contributed by atoms with Crippen LogP contribution in [0.5, 0.6) is 0 Å². The average Bonchev–Trinajstić information content (AvgIpc) is 3.03. The second-order valence-electron chi connectivity index (χ2n) is 7.95. The van der Waals surface area contributed by atoms with Crippen molar-refractivity contribution in [1.82, 2.24) is 14.5 Å². The highest BCUT2D eigenvalue weighted by Crippen LogP contribution is 2.42. The molecule has 0 spiro atoms. The van der Waals surface area contributed by atoms with Crippen molar-refractivity contribution < 1.29 is 13.2 Å². The van der Waals surface area contributed by atoms with E-state index < -0.39 is 11.7 Å². The first-order valence-electron chi connectivity index (χ1n) is 9.27. The molecule has 0 unspecified atom stereocenters. The fraction of sp³-hybridized carbons (Fsp3) is 0.217. The molecule has 4 rings (SSSR count). The van der Waals surface area contributed by atoms with E-state index in [0.717, 1.165) is 34.3 Å². The van der Waals surface area contributed by atoms with Gasteiger partial charge in [-0.25, -0.2) is 9.97 Å². The van der Waals surface area contributed by atoms with Gasteiger partial charge in [0.2, 0.25) is 5.95 Å². The maximum atomic E-state index is 13.1. The summed E-state index contributed by atoms with van der Waals surface area (Å²) in [4.78, 5) is 8.82. The maximum Gasteiger partial charge on any atom is 0.416 e. The fourth-order valence-corrected chi connectivity index (χ4v) is 3.70. The molecule has 0 aliphatic heterocycles. The van der Waals surface area contributed by atoms with Crippen molar-refractivity contribution in [3.63, 3.8) is 0 Å². The zero-order chi connectivity index (χ0) is 20.8. The molecule has 3 nitrogen and oxygen atoms in total. The van der Waals surface area contributed by atoms with E-state index >= 15 is 0 Å². The summed E-state index contributed by atoms with van der Waals surface area (Å²) in [6.07, 6.45) is -1.06. The third-order valence-electron chi connectivity index (χ3n) is 4.86. The number of benzene rings is 2. The molecule has 0 saturated carbocycles. The van der Waals surface area contributed by atoms with Gasteiger partial charge in [0.25, 0.3) is 0 Å². The first-order chi connectivity index (χ1) is 13.7. The Bertz CT molecular complexity index is 1150. The highest BCUT2D eigenvalue weighted by Gasteiger charge is 2.32. The summed E-state index contributed by atoms with van der Waals surface area (Å²) in [5, 5.41) is 1.03. The van der Waals surface area contributed by atoms with Gasteiger partial charge in [0, 0.05) is 17.8 Å². The molecule has 2 heterocycles. The lowest BCUT2D eigenvalue weighted by atomic mass is 9.83. The zero-order valence-corrected chi connectivity index (χ0v) is 16.3. The number of hydrogen-bond donors (Lipinski definition) is 0. The molecule has 0 amide bonds. The van der Waals surface area contributed by atoms with E-state index in [9.17, 15) is 13.2 Å². The second-order valence-corrected chi connectivity index (χ2v) is 7.95. The van der Waals surface area contributed by atoms with Gasteiger partial charge in [-0.1, -0.05) is 51.1 Å². The van der Waals surface area contributed by atoms with Crippen LogP contribution in [0.3, 0.4) is 0 Å². The standard InChI is InChI=1S/C23H20F3N3/c1-22(2,3)19-17-7-4-5-8-18(17)29(21-27-13-6-14-28-21)20(19)15-9-11-16(12-10-15)23(24,25)26/h4-14H,1-3H3. The lowest BCUT2D eigenvalue weighted by Crippen LogP contribution is -2.13. The lowest BCUT2D eigenvalue weighted by molar-refractivity contribution is -0.137. The number of para-hydroxylation sites is 1. The molecular weight excluding hydrogens is 375 g/mol. The molecule has 0 aliphatic rings. The van der Waals surface area contributed by atoms with Gasteiger partial charge in [0.1, 0.15) is 0 Å². The molecular formula is C23H20F3N3. The zero-order valence-electron chi connectivity index (χ0n) is 16.3. The van der Waals surface area contributed by atoms with Gasteiger partial charge in [0.05, 0.1) is 16.8 Å². The topological polar surface area (TPSA) is 30.7 Å². The van der Waals surface area contributed by atoms with E-state index in [2.05, 4.69) is 30.7 Å². The van der Waals surface area contributed by atoms with Crippen LogP contribution >= 0.6 is 0 Å². The van der Waals surface area contributed by atoms with Crippen LogP contribution in [0.1, 0.15) is 31.9 Å². The minimum atomic E-state index is -4.37. The summed E-state index contributed by atoms with van der Waals surface area (Å²) in [6, 6.07) is 14.9. The summed E-state index contributed by atoms with van der Waals surface area (Å²) in [5.74, 6) is 0.481. The Labute approximate surface area is 166 Å². The molecule has 0 bridgehead atoms. The minimum absolute atomic E-state index is 0.252. The van der Waals surface area contributed by atoms with Crippen molar-refractivity contribution in [3.8, 4) is 17.2 Å². The predicted molar refractivity (Wildman–Crippen MR) is 108 cm³/mol. The minimum Gasteiger partial charge on any atom is -0.278 e. The number of hydrogen-bond acceptors (Lipinski definition) is 2. The molecule has 6 heteroatoms. The van der Waals surface area contributed by atoms with Crippen LogP contribution in [-0.2, 0) is 11.6 Å². The smallest absolute Gasteiger partial charge is 0.278 e. The highest BCUT2D eigenvalue weighted by atomic mass is 19.4. The number of aromatic nitrogens is 3. The number of nitrogens with zero attached hydrogens (tertiary/aromatic N) is 3. The Morgan fingerprint density at radius 1 is 0.793 bits per heavy atom. The molecule has 148 valence electrons. The summed E-state index contributed by atoms with van der Waals surface area (Å²) >= 11 is 0. The van der Waals surface area contributed by atoms with Crippen LogP contribution in [0.25, 0.3) is 28.1 Å². The Morgan fingerprint density at radius 3 is 2.00 bits per heavy atom. The molecule has 4 aromatic rings. The van der Waals surface area contributed by atoms with Crippen molar-refractivity contribution in [2.45, 2.75) is 32.4 Å². The Balaban J connectivity index is 2.09. The van der Waals surface area contributed by atoms with Gasteiger partial charge in [0.15, 0.2) is 0 Å². The van der Waals surface area contributed by atoms with Crippen molar-refractivity contribution >= 4 is 10.9 Å². The Morgan fingerprint density at radius 2 is 1.41 bits per heavy atom. The molecule has 0 atom stereocenters. The van der Waals surface area contributed by atoms with Gasteiger partial charge in [-0.15, -0.1) is 0 Å². The van der Waals surface area contributed by atoms with Gasteiger partial charge in [-0.05, 0) is 40.8 Å². The van der Waals surface area contributed by atoms with Gasteiger partial charge >= 0.3 is 6.18 Å². The van der Waals surface area contributed by atoms with Gasteiger partial charge in [-0.2, -0.15) is 13.2 Å². The van der Waals surface area contributed by atoms with E-state index in [1.165, 1.54) is 12.1 Å². The van der Waals surface area contributed by atoms with E-state index in [1.54, 1.807) is 18.5 Å². The summed E-state index contributed by atoms with van der Waals surface area (Å²) in [6.45, 7) is 6.29. The second kappa shape index (κ2) is 6.72. The van der Waals surface area contributed by atoms with E-state index in [0.29, 0.717) is 11.5 Å². The highest BCUT2D eigenvalue weighted by molar-refractivity contribution is 5.94. The van der Waals surface area contributed by atoms with E-state index in [-0.39, 0.29) is 5.41 Å². The first-order valence-corrected chi connectivity index (χ1v) is 9.27. The third-order valence-corrected chi connectivity index (χ3v) is 4.86. The molecule has 0 radical (unpaired) electrons. The number of alkyl halides is 3. The number of fused-ring (bicyclic) bond motifs is 1. The number of halogens is 3. The predicted octanol–water partition coefficient (Wildman–Crippen LogP) is 6.40. The lowest BCUT2D eigenvalue weighted by Gasteiger charge is -2.22. The molecule has 0 saturated heterocycles. The van der Waals surface area contributed by atoms with Crippen LogP contribution in [0, 0.1) is 0 Å². The van der Waals surface area contributed by atoms with Crippen LogP contribution in [-0.4, -0.2) is 14.5 Å². The molecule has 2 aromatic heterocycles. The molecule has 0 N–H and O–H groups in total. The maximum absolute atomic E-state index is 13.1. The first kappa shape index (κ1) is 19.2. The van der Waals surface area contributed by atoms with Gasteiger partial charge in [-0.3, -0.25) is 4.57 Å². The summed E-state index contributed by atoms with van der Waals surface area (Å²) < 4.78 is 41.2. The Hall–Kier alpha value is -3.15. The molecule has 29 heavy (non-hydrogen) atoms. The molecule has 0 aliphatic carbocycles. The molecule has 2 aromatic carbocycles. The normalized spacial score (nSPS) is 12.5. The van der Waals surface area contributed by atoms with E-state index in [1.807, 2.05) is 28.8 Å². The Kier molecular flexibility index (Phi) is 4.45. The monoisotopic (exact) mass is 395 g/mol. The quantitative estimate of drug-likeness (QED) is 0.393. The summed E-state index contributed by atoms with van der Waals surface area (Å²) in [5.41, 5.74) is 2.53. The summed E-state index contributed by atoms with van der Waals surface area (Å²) in [7, 11) is 0.